The lowest BCUT2D eigenvalue weighted by atomic mass is 10.1. The van der Waals surface area contributed by atoms with Gasteiger partial charge in [-0.05, 0) is 36.6 Å². The van der Waals surface area contributed by atoms with Gasteiger partial charge in [0.25, 0.3) is 0 Å². The van der Waals surface area contributed by atoms with Gasteiger partial charge in [0.2, 0.25) is 10.0 Å². The van der Waals surface area contributed by atoms with Crippen LogP contribution in [0.3, 0.4) is 0 Å². The van der Waals surface area contributed by atoms with Gasteiger partial charge in [-0.1, -0.05) is 6.07 Å². The summed E-state index contributed by atoms with van der Waals surface area (Å²) in [5, 5.41) is 9.13. The minimum atomic E-state index is -4.41. The molecule has 0 heterocycles. The van der Waals surface area contributed by atoms with Crippen molar-refractivity contribution in [3.8, 4) is 0 Å². The second-order valence-corrected chi connectivity index (χ2v) is 6.90. The third-order valence-corrected chi connectivity index (χ3v) is 5.24. The van der Waals surface area contributed by atoms with Crippen molar-refractivity contribution in [3.05, 3.63) is 28.8 Å². The van der Waals surface area contributed by atoms with Crippen molar-refractivity contribution in [2.75, 3.05) is 13.6 Å². The van der Waals surface area contributed by atoms with Gasteiger partial charge < -0.3 is 5.11 Å². The molecule has 0 saturated heterocycles. The number of aryl methyl sites for hydroxylation is 1. The quantitative estimate of drug-likeness (QED) is 0.904. The van der Waals surface area contributed by atoms with E-state index in [9.17, 15) is 21.6 Å². The monoisotopic (exact) mass is 325 g/mol. The maximum atomic E-state index is 12.4. The van der Waals surface area contributed by atoms with Crippen molar-refractivity contribution in [2.24, 2.45) is 0 Å². The molecule has 0 unspecified atom stereocenters. The molecule has 8 heteroatoms. The number of sulfonamides is 1. The van der Waals surface area contributed by atoms with Crippen LogP contribution in [-0.4, -0.2) is 37.6 Å². The SMILES string of the molecule is Cc1cc(CO)cc(S(=O)(=O)N(C)CCC(F)(F)F)c1C. The molecule has 21 heavy (non-hydrogen) atoms. The molecule has 0 aromatic heterocycles. The maximum Gasteiger partial charge on any atom is 0.390 e. The van der Waals surface area contributed by atoms with Crippen LogP contribution in [0, 0.1) is 13.8 Å². The Morgan fingerprint density at radius 1 is 1.24 bits per heavy atom. The molecule has 1 rings (SSSR count). The van der Waals surface area contributed by atoms with Crippen molar-refractivity contribution in [3.63, 3.8) is 0 Å². The molecule has 0 spiro atoms. The summed E-state index contributed by atoms with van der Waals surface area (Å²) in [4.78, 5) is -0.0729. The Hall–Kier alpha value is -1.12. The number of hydrogen-bond donors (Lipinski definition) is 1. The highest BCUT2D eigenvalue weighted by Gasteiger charge is 2.31. The van der Waals surface area contributed by atoms with Crippen LogP contribution in [-0.2, 0) is 16.6 Å². The zero-order chi connectivity index (χ0) is 16.4. The zero-order valence-corrected chi connectivity index (χ0v) is 12.8. The molecule has 120 valence electrons. The summed E-state index contributed by atoms with van der Waals surface area (Å²) < 4.78 is 62.1. The zero-order valence-electron chi connectivity index (χ0n) is 12.0. The lowest BCUT2D eigenvalue weighted by molar-refractivity contribution is -0.135. The summed E-state index contributed by atoms with van der Waals surface area (Å²) in [5.74, 6) is 0. The van der Waals surface area contributed by atoms with Crippen molar-refractivity contribution < 1.29 is 26.7 Å². The van der Waals surface area contributed by atoms with E-state index in [1.165, 1.54) is 6.07 Å². The average molecular weight is 325 g/mol. The fourth-order valence-corrected chi connectivity index (χ4v) is 3.35. The molecule has 0 aliphatic rings. The van der Waals surface area contributed by atoms with Crippen LogP contribution < -0.4 is 0 Å². The number of hydrogen-bond acceptors (Lipinski definition) is 3. The highest BCUT2D eigenvalue weighted by molar-refractivity contribution is 7.89. The van der Waals surface area contributed by atoms with E-state index in [0.717, 1.165) is 7.05 Å². The molecule has 0 saturated carbocycles. The molecular weight excluding hydrogens is 307 g/mol. The molecule has 1 N–H and O–H groups in total. The smallest absolute Gasteiger partial charge is 0.390 e. The molecule has 0 aliphatic heterocycles. The predicted molar refractivity (Wildman–Crippen MR) is 72.3 cm³/mol. The summed E-state index contributed by atoms with van der Waals surface area (Å²) in [6.07, 6.45) is -5.62. The first-order valence-corrected chi connectivity index (χ1v) is 7.67. The van der Waals surface area contributed by atoms with Crippen LogP contribution in [0.5, 0.6) is 0 Å². The average Bonchev–Trinajstić information content (AvgIpc) is 2.37. The highest BCUT2D eigenvalue weighted by atomic mass is 32.2. The van der Waals surface area contributed by atoms with Crippen molar-refractivity contribution >= 4 is 10.0 Å². The number of nitrogens with zero attached hydrogens (tertiary/aromatic N) is 1. The summed E-state index contributed by atoms with van der Waals surface area (Å²) >= 11 is 0. The highest BCUT2D eigenvalue weighted by Crippen LogP contribution is 2.26. The van der Waals surface area contributed by atoms with Crippen molar-refractivity contribution in [2.45, 2.75) is 37.9 Å². The minimum Gasteiger partial charge on any atom is -0.392 e. The van der Waals surface area contributed by atoms with Crippen LogP contribution in [0.4, 0.5) is 13.2 Å². The van der Waals surface area contributed by atoms with E-state index >= 15 is 0 Å². The minimum absolute atomic E-state index is 0.0729. The number of benzene rings is 1. The number of aliphatic hydroxyl groups is 1. The van der Waals surface area contributed by atoms with Gasteiger partial charge in [0, 0.05) is 13.6 Å². The number of aliphatic hydroxyl groups excluding tert-OH is 1. The molecule has 0 fully saturated rings. The Kier molecular flexibility index (Phi) is 5.40. The van der Waals surface area contributed by atoms with Gasteiger partial charge in [-0.2, -0.15) is 13.2 Å². The Bertz CT molecular complexity index is 612. The molecule has 4 nitrogen and oxygen atoms in total. The molecule has 1 aromatic rings. The van der Waals surface area contributed by atoms with E-state index in [4.69, 9.17) is 5.11 Å². The first-order chi connectivity index (χ1) is 9.49. The van der Waals surface area contributed by atoms with Gasteiger partial charge in [0.1, 0.15) is 0 Å². The van der Waals surface area contributed by atoms with Gasteiger partial charge >= 0.3 is 6.18 Å². The number of rotatable bonds is 5. The number of alkyl halides is 3. The van der Waals surface area contributed by atoms with E-state index in [1.807, 2.05) is 0 Å². The first-order valence-electron chi connectivity index (χ1n) is 6.23. The first kappa shape index (κ1) is 17.9. The second-order valence-electron chi connectivity index (χ2n) is 4.89. The van der Waals surface area contributed by atoms with Crippen LogP contribution >= 0.6 is 0 Å². The molecule has 0 bridgehead atoms. The van der Waals surface area contributed by atoms with Gasteiger partial charge in [-0.3, -0.25) is 0 Å². The molecule has 0 radical (unpaired) electrons. The second kappa shape index (κ2) is 6.33. The van der Waals surface area contributed by atoms with E-state index in [1.54, 1.807) is 19.9 Å². The number of halogens is 3. The van der Waals surface area contributed by atoms with Crippen LogP contribution in [0.15, 0.2) is 17.0 Å². The summed E-state index contributed by atoms with van der Waals surface area (Å²) in [7, 11) is -2.91. The van der Waals surface area contributed by atoms with Crippen LogP contribution in [0.1, 0.15) is 23.1 Å². The van der Waals surface area contributed by atoms with E-state index in [0.29, 0.717) is 21.0 Å². The molecule has 0 amide bonds. The van der Waals surface area contributed by atoms with Gasteiger partial charge in [0.05, 0.1) is 17.9 Å². The summed E-state index contributed by atoms with van der Waals surface area (Å²) in [6, 6.07) is 2.94. The Morgan fingerprint density at radius 3 is 2.29 bits per heavy atom. The summed E-state index contributed by atoms with van der Waals surface area (Å²) in [6.45, 7) is 2.29. The fraction of sp³-hybridized carbons (Fsp3) is 0.538. The van der Waals surface area contributed by atoms with Gasteiger partial charge in [0.15, 0.2) is 0 Å². The molecule has 0 aliphatic carbocycles. The molecule has 1 aromatic carbocycles. The van der Waals surface area contributed by atoms with Gasteiger partial charge in [-0.25, -0.2) is 12.7 Å². The lowest BCUT2D eigenvalue weighted by Crippen LogP contribution is -2.31. The maximum absolute atomic E-state index is 12.4. The lowest BCUT2D eigenvalue weighted by Gasteiger charge is -2.20. The Labute approximate surface area is 122 Å². The fourth-order valence-electron chi connectivity index (χ4n) is 1.83. The normalized spacial score (nSPS) is 13.0. The molecule has 0 atom stereocenters. The Balaban J connectivity index is 3.16. The van der Waals surface area contributed by atoms with E-state index in [-0.39, 0.29) is 11.5 Å². The third-order valence-electron chi connectivity index (χ3n) is 3.26. The third kappa shape index (κ3) is 4.42. The largest absolute Gasteiger partial charge is 0.392 e. The van der Waals surface area contributed by atoms with E-state index in [2.05, 4.69) is 0 Å². The van der Waals surface area contributed by atoms with Crippen LogP contribution in [0.2, 0.25) is 0 Å². The van der Waals surface area contributed by atoms with Crippen molar-refractivity contribution in [1.29, 1.82) is 0 Å². The predicted octanol–water partition coefficient (Wildman–Crippen LogP) is 2.37. The van der Waals surface area contributed by atoms with Crippen molar-refractivity contribution in [1.82, 2.24) is 4.31 Å². The topological polar surface area (TPSA) is 57.6 Å². The van der Waals surface area contributed by atoms with Gasteiger partial charge in [-0.15, -0.1) is 0 Å². The van der Waals surface area contributed by atoms with Crippen LogP contribution in [0.25, 0.3) is 0 Å². The van der Waals surface area contributed by atoms with E-state index < -0.39 is 29.2 Å². The summed E-state index contributed by atoms with van der Waals surface area (Å²) in [5.41, 5.74) is 1.52. The standard InChI is InChI=1S/C13H18F3NO3S/c1-9-6-11(8-18)7-12(10(9)2)21(19,20)17(3)5-4-13(14,15)16/h6-7,18H,4-5,8H2,1-3H3. The molecular formula is C13H18F3NO3S. The Morgan fingerprint density at radius 2 is 1.81 bits per heavy atom.